The molecule has 6 rings (SSSR count). The number of aliphatic hydroxyl groups excluding tert-OH is 1. The van der Waals surface area contributed by atoms with E-state index < -0.39 is 12.0 Å². The number of carbonyl (C=O) groups excluding carboxylic acids is 2. The molecule has 0 aromatic heterocycles. The number of carboxylic acid groups (broad SMARTS) is 1. The number of amides is 2. The first-order chi connectivity index (χ1) is 17.0. The Bertz CT molecular complexity index is 985. The summed E-state index contributed by atoms with van der Waals surface area (Å²) in [5, 5.41) is 19.1. The highest BCUT2D eigenvalue weighted by Crippen LogP contribution is 2.79. The zero-order valence-electron chi connectivity index (χ0n) is 24.1. The first-order valence-electron chi connectivity index (χ1n) is 14.5. The van der Waals surface area contributed by atoms with Crippen LogP contribution in [0.2, 0.25) is 0 Å². The van der Waals surface area contributed by atoms with Crippen LogP contribution in [0, 0.1) is 57.2 Å². The normalized spacial score (nSPS) is 36.8. The number of hydrogen-bond acceptors (Lipinski definition) is 4. The SMILES string of the molecule is C[C@H](C(=O)N1C[C@H]2[C@@H]([C@H]1C(=O)O)C21CC1)C(C)(C)C.C[C@H](C(=O)N1C[C@H]2[C@@H]([C@H]1CO)C21CC1)C(C)(C)C. The van der Waals surface area contributed by atoms with Crippen LogP contribution >= 0.6 is 0 Å². The van der Waals surface area contributed by atoms with E-state index in [1.165, 1.54) is 25.7 Å². The van der Waals surface area contributed by atoms with Gasteiger partial charge in [0, 0.05) is 30.8 Å². The third kappa shape index (κ3) is 4.04. The molecule has 6 fully saturated rings. The van der Waals surface area contributed by atoms with Gasteiger partial charge in [-0.25, -0.2) is 4.79 Å². The zero-order chi connectivity index (χ0) is 27.5. The lowest BCUT2D eigenvalue weighted by Crippen LogP contribution is -2.48. The maximum absolute atomic E-state index is 12.6. The summed E-state index contributed by atoms with van der Waals surface area (Å²) in [7, 11) is 0. The van der Waals surface area contributed by atoms with Crippen molar-refractivity contribution < 1.29 is 24.6 Å². The summed E-state index contributed by atoms with van der Waals surface area (Å²) in [6, 6.07) is -0.459. The van der Waals surface area contributed by atoms with Crippen LogP contribution in [0.5, 0.6) is 0 Å². The summed E-state index contributed by atoms with van der Waals surface area (Å²) in [6.07, 6.45) is 5.00. The van der Waals surface area contributed by atoms with Crippen molar-refractivity contribution in [2.75, 3.05) is 19.7 Å². The van der Waals surface area contributed by atoms with Gasteiger partial charge in [-0.2, -0.15) is 0 Å². The van der Waals surface area contributed by atoms with Crippen molar-refractivity contribution in [3.05, 3.63) is 0 Å². The minimum absolute atomic E-state index is 0.00113. The number of hydrogen-bond donors (Lipinski definition) is 2. The van der Waals surface area contributed by atoms with Crippen LogP contribution in [0.1, 0.15) is 81.1 Å². The number of aliphatic hydroxyl groups is 1. The average molecular weight is 517 g/mol. The highest BCUT2D eigenvalue weighted by atomic mass is 16.4. The van der Waals surface area contributed by atoms with Crippen molar-refractivity contribution in [1.82, 2.24) is 9.80 Å². The molecule has 2 aliphatic heterocycles. The first kappa shape index (κ1) is 27.0. The Labute approximate surface area is 222 Å². The second-order valence-electron chi connectivity index (χ2n) is 15.4. The van der Waals surface area contributed by atoms with Gasteiger partial charge in [-0.1, -0.05) is 55.4 Å². The lowest BCUT2D eigenvalue weighted by Gasteiger charge is -2.35. The fourth-order valence-corrected chi connectivity index (χ4v) is 7.98. The Morgan fingerprint density at radius 3 is 1.59 bits per heavy atom. The van der Waals surface area contributed by atoms with Crippen molar-refractivity contribution in [3.8, 4) is 0 Å². The monoisotopic (exact) mass is 516 g/mol. The smallest absolute Gasteiger partial charge is 0.326 e. The van der Waals surface area contributed by atoms with Gasteiger partial charge in [0.2, 0.25) is 11.8 Å². The molecule has 0 bridgehead atoms. The van der Waals surface area contributed by atoms with E-state index in [9.17, 15) is 24.6 Å². The van der Waals surface area contributed by atoms with E-state index in [1.54, 1.807) is 4.90 Å². The second kappa shape index (κ2) is 8.19. The Morgan fingerprint density at radius 2 is 1.19 bits per heavy atom. The number of piperidine rings is 2. The van der Waals surface area contributed by atoms with Crippen LogP contribution < -0.4 is 0 Å². The minimum atomic E-state index is -0.814. The number of likely N-dealkylation sites (tertiary alicyclic amines) is 2. The quantitative estimate of drug-likeness (QED) is 0.591. The topological polar surface area (TPSA) is 98.2 Å². The van der Waals surface area contributed by atoms with Gasteiger partial charge in [-0.3, -0.25) is 9.59 Å². The standard InChI is InChI=1S/C15H23NO3.C15H25NO2/c1-8(14(2,3)4)12(17)16-7-9-10(11(16)13(18)19)15(9)5-6-15;1-9(14(2,3)4)13(18)16-7-10-12(11(16)8-17)15(10)5-6-15/h8-11H,5-7H2,1-4H3,(H,18,19);9-12,17H,5-8H2,1-4H3/t8-,9+,10+,11+;9-,10+,11-,12+/m11/s1. The van der Waals surface area contributed by atoms with E-state index in [1.807, 2.05) is 39.5 Å². The summed E-state index contributed by atoms with van der Waals surface area (Å²) in [5.74, 6) is 1.34. The number of carbonyl (C=O) groups is 3. The molecule has 2 saturated heterocycles. The van der Waals surface area contributed by atoms with Gasteiger partial charge >= 0.3 is 5.97 Å². The third-order valence-corrected chi connectivity index (χ3v) is 11.7. The molecule has 7 heteroatoms. The van der Waals surface area contributed by atoms with Gasteiger partial charge in [0.15, 0.2) is 0 Å². The molecule has 0 unspecified atom stereocenters. The molecular weight excluding hydrogens is 468 g/mol. The first-order valence-corrected chi connectivity index (χ1v) is 14.5. The molecule has 2 heterocycles. The van der Waals surface area contributed by atoms with E-state index >= 15 is 0 Å². The highest BCUT2D eigenvalue weighted by molar-refractivity contribution is 5.87. The second-order valence-corrected chi connectivity index (χ2v) is 15.4. The molecule has 2 N–H and O–H groups in total. The van der Waals surface area contributed by atoms with Gasteiger partial charge in [0.05, 0.1) is 12.6 Å². The van der Waals surface area contributed by atoms with E-state index in [4.69, 9.17) is 0 Å². The lowest BCUT2D eigenvalue weighted by molar-refractivity contribution is -0.153. The lowest BCUT2D eigenvalue weighted by atomic mass is 9.81. The van der Waals surface area contributed by atoms with E-state index in [-0.39, 0.29) is 53.0 Å². The molecule has 0 aromatic carbocycles. The van der Waals surface area contributed by atoms with Crippen LogP contribution in [0.4, 0.5) is 0 Å². The van der Waals surface area contributed by atoms with E-state index in [0.717, 1.165) is 6.54 Å². The number of rotatable bonds is 4. The summed E-state index contributed by atoms with van der Waals surface area (Å²) in [5.41, 5.74) is 0.769. The van der Waals surface area contributed by atoms with Gasteiger partial charge in [-0.15, -0.1) is 0 Å². The van der Waals surface area contributed by atoms with Crippen molar-refractivity contribution in [2.24, 2.45) is 57.2 Å². The molecule has 4 aliphatic carbocycles. The van der Waals surface area contributed by atoms with Gasteiger partial charge in [-0.05, 0) is 65.1 Å². The average Bonchev–Trinajstić information content (AvgIpc) is 3.79. The predicted molar refractivity (Wildman–Crippen MR) is 140 cm³/mol. The minimum Gasteiger partial charge on any atom is -0.480 e. The summed E-state index contributed by atoms with van der Waals surface area (Å²) in [6.45, 7) is 18.1. The molecular formula is C30H48N2O5. The number of aliphatic carboxylic acids is 1. The molecule has 7 nitrogen and oxygen atoms in total. The molecule has 6 aliphatic rings. The van der Waals surface area contributed by atoms with Crippen LogP contribution in [-0.4, -0.2) is 69.6 Å². The fourth-order valence-electron chi connectivity index (χ4n) is 7.98. The van der Waals surface area contributed by atoms with Gasteiger partial charge in [0.25, 0.3) is 0 Å². The van der Waals surface area contributed by atoms with Crippen molar-refractivity contribution in [3.63, 3.8) is 0 Å². The largest absolute Gasteiger partial charge is 0.480 e. The predicted octanol–water partition coefficient (Wildman–Crippen LogP) is 3.89. The third-order valence-electron chi connectivity index (χ3n) is 11.7. The fraction of sp³-hybridized carbons (Fsp3) is 0.900. The van der Waals surface area contributed by atoms with Crippen molar-refractivity contribution in [1.29, 1.82) is 0 Å². The highest BCUT2D eigenvalue weighted by Gasteiger charge is 2.79. The summed E-state index contributed by atoms with van der Waals surface area (Å²) < 4.78 is 0. The Kier molecular flexibility index (Phi) is 5.97. The van der Waals surface area contributed by atoms with Crippen molar-refractivity contribution in [2.45, 2.75) is 93.2 Å². The summed E-state index contributed by atoms with van der Waals surface area (Å²) >= 11 is 0. The Hall–Kier alpha value is -1.63. The van der Waals surface area contributed by atoms with E-state index in [2.05, 4.69) is 20.8 Å². The van der Waals surface area contributed by atoms with Crippen LogP contribution in [0.15, 0.2) is 0 Å². The molecule has 208 valence electrons. The molecule has 4 saturated carbocycles. The number of carboxylic acids is 1. The Morgan fingerprint density at radius 1 is 0.784 bits per heavy atom. The molecule has 2 spiro atoms. The number of nitrogens with zero attached hydrogens (tertiary/aromatic N) is 2. The van der Waals surface area contributed by atoms with Crippen molar-refractivity contribution >= 4 is 17.8 Å². The van der Waals surface area contributed by atoms with Gasteiger partial charge in [0.1, 0.15) is 6.04 Å². The number of fused-ring (bicyclic) bond motifs is 6. The summed E-state index contributed by atoms with van der Waals surface area (Å²) in [4.78, 5) is 40.3. The molecule has 37 heavy (non-hydrogen) atoms. The molecule has 0 aromatic rings. The molecule has 8 atom stereocenters. The Balaban J connectivity index is 0.000000152. The molecule has 0 radical (unpaired) electrons. The van der Waals surface area contributed by atoms with Gasteiger partial charge < -0.3 is 20.0 Å². The zero-order valence-corrected chi connectivity index (χ0v) is 24.1. The van der Waals surface area contributed by atoms with Crippen LogP contribution in [0.3, 0.4) is 0 Å². The van der Waals surface area contributed by atoms with Crippen LogP contribution in [0.25, 0.3) is 0 Å². The maximum Gasteiger partial charge on any atom is 0.326 e. The molecule has 2 amide bonds. The van der Waals surface area contributed by atoms with E-state index in [0.29, 0.717) is 35.1 Å². The van der Waals surface area contributed by atoms with Crippen LogP contribution in [-0.2, 0) is 14.4 Å². The maximum atomic E-state index is 12.6.